The van der Waals surface area contributed by atoms with E-state index in [1.54, 1.807) is 6.33 Å². The first-order chi connectivity index (χ1) is 10.8. The Morgan fingerprint density at radius 2 is 2.09 bits per heavy atom. The van der Waals surface area contributed by atoms with E-state index in [0.717, 1.165) is 16.4 Å². The van der Waals surface area contributed by atoms with E-state index in [0.29, 0.717) is 32.1 Å². The lowest BCUT2D eigenvalue weighted by atomic mass is 10.2. The van der Waals surface area contributed by atoms with Crippen molar-refractivity contribution in [2.45, 2.75) is 12.1 Å². The topological polar surface area (TPSA) is 60.2 Å². The molecule has 0 N–H and O–H groups in total. The summed E-state index contributed by atoms with van der Waals surface area (Å²) in [6.45, 7) is 4.63. The number of rotatable bonds is 4. The van der Waals surface area contributed by atoms with E-state index in [9.17, 15) is 4.79 Å². The molecule has 0 unspecified atom stereocenters. The number of hydrogen-bond acceptors (Lipinski definition) is 5. The predicted molar refractivity (Wildman–Crippen MR) is 84.2 cm³/mol. The lowest BCUT2D eigenvalue weighted by molar-refractivity contribution is -0.132. The van der Waals surface area contributed by atoms with Gasteiger partial charge < -0.3 is 9.64 Å². The maximum atomic E-state index is 12.2. The number of nitrogens with zero attached hydrogens (tertiary/aromatic N) is 4. The van der Waals surface area contributed by atoms with E-state index in [2.05, 4.69) is 10.2 Å². The summed E-state index contributed by atoms with van der Waals surface area (Å²) in [5.74, 6) is 0.484. The van der Waals surface area contributed by atoms with Crippen LogP contribution in [-0.4, -0.2) is 57.6 Å². The van der Waals surface area contributed by atoms with Gasteiger partial charge in [-0.15, -0.1) is 10.2 Å². The first-order valence-corrected chi connectivity index (χ1v) is 8.18. The van der Waals surface area contributed by atoms with E-state index in [1.165, 1.54) is 11.8 Å². The fraction of sp³-hybridized carbons (Fsp3) is 0.400. The Labute approximate surface area is 133 Å². The van der Waals surface area contributed by atoms with Gasteiger partial charge in [0, 0.05) is 13.1 Å². The number of amides is 1. The molecule has 6 nitrogen and oxygen atoms in total. The lowest BCUT2D eigenvalue weighted by Gasteiger charge is -2.26. The molecule has 1 aliphatic rings. The summed E-state index contributed by atoms with van der Waals surface area (Å²) in [6, 6.07) is 8.04. The monoisotopic (exact) mass is 318 g/mol. The second kappa shape index (κ2) is 6.93. The van der Waals surface area contributed by atoms with E-state index >= 15 is 0 Å². The highest BCUT2D eigenvalue weighted by Crippen LogP contribution is 2.22. The molecule has 0 bridgehead atoms. The van der Waals surface area contributed by atoms with Crippen molar-refractivity contribution in [1.82, 2.24) is 19.7 Å². The zero-order valence-corrected chi connectivity index (χ0v) is 13.3. The molecule has 2 heterocycles. The molecule has 1 fully saturated rings. The van der Waals surface area contributed by atoms with E-state index < -0.39 is 0 Å². The summed E-state index contributed by atoms with van der Waals surface area (Å²) in [6.07, 6.45) is 1.68. The number of aryl methyl sites for hydroxylation is 1. The van der Waals surface area contributed by atoms with Gasteiger partial charge in [0.25, 0.3) is 0 Å². The van der Waals surface area contributed by atoms with E-state index in [4.69, 9.17) is 4.74 Å². The molecule has 22 heavy (non-hydrogen) atoms. The molecule has 116 valence electrons. The molecule has 0 aliphatic carbocycles. The van der Waals surface area contributed by atoms with Gasteiger partial charge >= 0.3 is 0 Å². The largest absolute Gasteiger partial charge is 0.378 e. The molecule has 2 aromatic rings. The summed E-state index contributed by atoms with van der Waals surface area (Å²) in [5, 5.41) is 8.84. The molecule has 1 amide bonds. The number of carbonyl (C=O) groups is 1. The van der Waals surface area contributed by atoms with Crippen LogP contribution < -0.4 is 0 Å². The number of hydrogen-bond donors (Lipinski definition) is 0. The Hall–Kier alpha value is -1.86. The third kappa shape index (κ3) is 3.31. The molecule has 0 saturated carbocycles. The third-order valence-corrected chi connectivity index (χ3v) is 4.51. The second-order valence-corrected chi connectivity index (χ2v) is 5.99. The highest BCUT2D eigenvalue weighted by molar-refractivity contribution is 7.99. The van der Waals surface area contributed by atoms with E-state index in [1.807, 2.05) is 40.7 Å². The van der Waals surface area contributed by atoms with Gasteiger partial charge in [-0.25, -0.2) is 0 Å². The smallest absolute Gasteiger partial charge is 0.233 e. The first kappa shape index (κ1) is 15.1. The predicted octanol–water partition coefficient (Wildman–Crippen LogP) is 1.53. The summed E-state index contributed by atoms with van der Waals surface area (Å²) < 4.78 is 7.19. The average Bonchev–Trinajstić information content (AvgIpc) is 3.02. The molecule has 0 spiro atoms. The normalized spacial score (nSPS) is 15.0. The minimum atomic E-state index is 0.118. The molecule has 1 saturated heterocycles. The Kier molecular flexibility index (Phi) is 4.74. The van der Waals surface area contributed by atoms with Crippen molar-refractivity contribution in [3.05, 3.63) is 36.2 Å². The number of para-hydroxylation sites is 1. The molecular weight excluding hydrogens is 300 g/mol. The fourth-order valence-electron chi connectivity index (χ4n) is 2.35. The SMILES string of the molecule is Cc1ccccc1-n1cnnc1SCC(=O)N1CCOCC1. The quantitative estimate of drug-likeness (QED) is 0.800. The highest BCUT2D eigenvalue weighted by atomic mass is 32.2. The van der Waals surface area contributed by atoms with Gasteiger partial charge in [0.1, 0.15) is 6.33 Å². The molecule has 0 radical (unpaired) electrons. The van der Waals surface area contributed by atoms with Crippen molar-refractivity contribution >= 4 is 17.7 Å². The number of ether oxygens (including phenoxy) is 1. The summed E-state index contributed by atoms with van der Waals surface area (Å²) in [4.78, 5) is 14.0. The van der Waals surface area contributed by atoms with Crippen molar-refractivity contribution in [1.29, 1.82) is 0 Å². The maximum Gasteiger partial charge on any atom is 0.233 e. The zero-order valence-electron chi connectivity index (χ0n) is 12.4. The average molecular weight is 318 g/mol. The Morgan fingerprint density at radius 1 is 1.32 bits per heavy atom. The molecule has 7 heteroatoms. The molecule has 1 aliphatic heterocycles. The summed E-state index contributed by atoms with van der Waals surface area (Å²) in [7, 11) is 0. The van der Waals surface area contributed by atoms with Crippen LogP contribution in [0.15, 0.2) is 35.7 Å². The van der Waals surface area contributed by atoms with Crippen LogP contribution in [0.1, 0.15) is 5.56 Å². The Bertz CT molecular complexity index is 652. The molecule has 1 aromatic heterocycles. The van der Waals surface area contributed by atoms with Crippen LogP contribution in [0.2, 0.25) is 0 Å². The van der Waals surface area contributed by atoms with Crippen LogP contribution in [0.3, 0.4) is 0 Å². The Balaban J connectivity index is 1.68. The van der Waals surface area contributed by atoms with E-state index in [-0.39, 0.29) is 5.91 Å². The van der Waals surface area contributed by atoms with Gasteiger partial charge in [-0.2, -0.15) is 0 Å². The van der Waals surface area contributed by atoms with Gasteiger partial charge in [0.05, 0.1) is 24.7 Å². The van der Waals surface area contributed by atoms with Gasteiger partial charge in [0.15, 0.2) is 5.16 Å². The van der Waals surface area contributed by atoms with Crippen LogP contribution in [0.5, 0.6) is 0 Å². The Morgan fingerprint density at radius 3 is 2.86 bits per heavy atom. The standard InChI is InChI=1S/C15H18N4O2S/c1-12-4-2-3-5-13(12)19-11-16-17-15(19)22-10-14(20)18-6-8-21-9-7-18/h2-5,11H,6-10H2,1H3. The number of benzene rings is 1. The van der Waals surface area contributed by atoms with Crippen LogP contribution in [0.4, 0.5) is 0 Å². The van der Waals surface area contributed by atoms with Gasteiger partial charge in [0.2, 0.25) is 5.91 Å². The number of thioether (sulfide) groups is 1. The zero-order chi connectivity index (χ0) is 15.4. The van der Waals surface area contributed by atoms with Crippen molar-refractivity contribution < 1.29 is 9.53 Å². The van der Waals surface area contributed by atoms with Gasteiger partial charge in [-0.1, -0.05) is 30.0 Å². The van der Waals surface area contributed by atoms with Crippen molar-refractivity contribution in [2.24, 2.45) is 0 Å². The number of morpholine rings is 1. The fourth-order valence-corrected chi connectivity index (χ4v) is 3.18. The lowest BCUT2D eigenvalue weighted by Crippen LogP contribution is -2.41. The van der Waals surface area contributed by atoms with Crippen LogP contribution in [-0.2, 0) is 9.53 Å². The van der Waals surface area contributed by atoms with Crippen LogP contribution >= 0.6 is 11.8 Å². The van der Waals surface area contributed by atoms with Crippen molar-refractivity contribution in [3.8, 4) is 5.69 Å². The first-order valence-electron chi connectivity index (χ1n) is 7.20. The maximum absolute atomic E-state index is 12.2. The minimum absolute atomic E-state index is 0.118. The number of aromatic nitrogens is 3. The van der Waals surface area contributed by atoms with Gasteiger partial charge in [-0.3, -0.25) is 9.36 Å². The molecule has 0 atom stereocenters. The van der Waals surface area contributed by atoms with Gasteiger partial charge in [-0.05, 0) is 18.6 Å². The second-order valence-electron chi connectivity index (χ2n) is 5.05. The van der Waals surface area contributed by atoms with Crippen LogP contribution in [0, 0.1) is 6.92 Å². The molecular formula is C15H18N4O2S. The molecule has 3 rings (SSSR count). The third-order valence-electron chi connectivity index (χ3n) is 3.58. The number of carbonyl (C=O) groups excluding carboxylic acids is 1. The summed E-state index contributed by atoms with van der Waals surface area (Å²) in [5.41, 5.74) is 2.18. The van der Waals surface area contributed by atoms with Crippen molar-refractivity contribution in [3.63, 3.8) is 0 Å². The molecule has 1 aromatic carbocycles. The highest BCUT2D eigenvalue weighted by Gasteiger charge is 2.18. The van der Waals surface area contributed by atoms with Crippen LogP contribution in [0.25, 0.3) is 5.69 Å². The summed E-state index contributed by atoms with van der Waals surface area (Å²) >= 11 is 1.42. The minimum Gasteiger partial charge on any atom is -0.378 e. The van der Waals surface area contributed by atoms with Crippen molar-refractivity contribution in [2.75, 3.05) is 32.1 Å².